The Hall–Kier alpha value is -2.86. The van der Waals surface area contributed by atoms with Crippen LogP contribution in [0.15, 0.2) is 57.9 Å². The van der Waals surface area contributed by atoms with Crippen molar-refractivity contribution in [2.45, 2.75) is 38.3 Å². The minimum atomic E-state index is -0.114. The van der Waals surface area contributed by atoms with Gasteiger partial charge >= 0.3 is 0 Å². The van der Waals surface area contributed by atoms with E-state index in [1.54, 1.807) is 12.3 Å². The molecule has 2 N–H and O–H groups in total. The van der Waals surface area contributed by atoms with Crippen LogP contribution in [0.4, 0.5) is 5.95 Å². The number of rotatable bonds is 6. The molecule has 2 aromatic heterocycles. The molecule has 1 aliphatic rings. The number of aromatic nitrogens is 2. The lowest BCUT2D eigenvalue weighted by Crippen LogP contribution is -2.29. The SMILES string of the molecule is Nc1nc(CCc2cccc(-c3ccco3)c2)cc(=O)n1CC1CCCO1. The molecule has 4 rings (SSSR count). The number of nitrogens with zero attached hydrogens (tertiary/aromatic N) is 2. The molecule has 1 unspecified atom stereocenters. The summed E-state index contributed by atoms with van der Waals surface area (Å²) in [6.45, 7) is 1.23. The molecule has 0 amide bonds. The van der Waals surface area contributed by atoms with E-state index in [4.69, 9.17) is 14.9 Å². The normalized spacial score (nSPS) is 16.7. The summed E-state index contributed by atoms with van der Waals surface area (Å²) >= 11 is 0. The van der Waals surface area contributed by atoms with E-state index in [1.807, 2.05) is 24.3 Å². The minimum absolute atomic E-state index is 0.0574. The highest BCUT2D eigenvalue weighted by molar-refractivity contribution is 5.58. The quantitative estimate of drug-likeness (QED) is 0.726. The van der Waals surface area contributed by atoms with Gasteiger partial charge in [0.05, 0.1) is 24.6 Å². The van der Waals surface area contributed by atoms with Crippen LogP contribution in [0.2, 0.25) is 0 Å². The Kier molecular flexibility index (Phi) is 5.07. The van der Waals surface area contributed by atoms with Gasteiger partial charge < -0.3 is 14.9 Å². The van der Waals surface area contributed by atoms with E-state index in [0.717, 1.165) is 42.8 Å². The zero-order valence-electron chi connectivity index (χ0n) is 15.1. The molecule has 0 radical (unpaired) electrons. The van der Waals surface area contributed by atoms with Crippen LogP contribution >= 0.6 is 0 Å². The molecule has 0 aliphatic carbocycles. The monoisotopic (exact) mass is 365 g/mol. The van der Waals surface area contributed by atoms with Gasteiger partial charge in [-0.15, -0.1) is 0 Å². The summed E-state index contributed by atoms with van der Waals surface area (Å²) in [6.07, 6.45) is 5.14. The second-order valence-corrected chi connectivity index (χ2v) is 6.87. The van der Waals surface area contributed by atoms with Crippen LogP contribution in [0.1, 0.15) is 24.1 Å². The van der Waals surface area contributed by atoms with Crippen molar-refractivity contribution in [3.63, 3.8) is 0 Å². The Balaban J connectivity index is 1.45. The number of hydrogen-bond acceptors (Lipinski definition) is 5. The molecule has 1 aromatic carbocycles. The van der Waals surface area contributed by atoms with Gasteiger partial charge in [-0.2, -0.15) is 0 Å². The third-order valence-corrected chi connectivity index (χ3v) is 4.90. The maximum atomic E-state index is 12.4. The lowest BCUT2D eigenvalue weighted by molar-refractivity contribution is 0.0964. The molecule has 27 heavy (non-hydrogen) atoms. The number of hydrogen-bond donors (Lipinski definition) is 1. The first kappa shape index (κ1) is 17.5. The summed E-state index contributed by atoms with van der Waals surface area (Å²) in [5.74, 6) is 1.10. The van der Waals surface area contributed by atoms with Crippen molar-refractivity contribution in [3.05, 3.63) is 70.3 Å². The Morgan fingerprint density at radius 3 is 2.85 bits per heavy atom. The number of nitrogens with two attached hydrogens (primary N) is 1. The fourth-order valence-electron chi connectivity index (χ4n) is 3.47. The Labute approximate surface area is 157 Å². The van der Waals surface area contributed by atoms with Crippen LogP contribution in [0.3, 0.4) is 0 Å². The van der Waals surface area contributed by atoms with Crippen LogP contribution in [0, 0.1) is 0 Å². The van der Waals surface area contributed by atoms with E-state index in [9.17, 15) is 4.79 Å². The van der Waals surface area contributed by atoms with Crippen molar-refractivity contribution in [2.24, 2.45) is 0 Å². The number of ether oxygens (including phenoxy) is 1. The van der Waals surface area contributed by atoms with Gasteiger partial charge in [-0.1, -0.05) is 18.2 Å². The van der Waals surface area contributed by atoms with Gasteiger partial charge in [0.15, 0.2) is 0 Å². The summed E-state index contributed by atoms with van der Waals surface area (Å²) < 4.78 is 12.6. The van der Waals surface area contributed by atoms with E-state index < -0.39 is 0 Å². The van der Waals surface area contributed by atoms with E-state index >= 15 is 0 Å². The highest BCUT2D eigenvalue weighted by Gasteiger charge is 2.18. The van der Waals surface area contributed by atoms with Crippen molar-refractivity contribution in [3.8, 4) is 11.3 Å². The van der Waals surface area contributed by atoms with E-state index in [2.05, 4.69) is 17.1 Å². The smallest absolute Gasteiger partial charge is 0.255 e. The van der Waals surface area contributed by atoms with E-state index in [1.165, 1.54) is 4.57 Å². The van der Waals surface area contributed by atoms with E-state index in [-0.39, 0.29) is 17.6 Å². The minimum Gasteiger partial charge on any atom is -0.464 e. The van der Waals surface area contributed by atoms with Crippen molar-refractivity contribution < 1.29 is 9.15 Å². The number of benzene rings is 1. The van der Waals surface area contributed by atoms with E-state index in [0.29, 0.717) is 18.7 Å². The molecule has 1 saturated heterocycles. The first-order valence-corrected chi connectivity index (χ1v) is 9.30. The predicted octanol–water partition coefficient (Wildman–Crippen LogP) is 3.05. The van der Waals surface area contributed by atoms with Gasteiger partial charge in [0.25, 0.3) is 5.56 Å². The average molecular weight is 365 g/mol. The van der Waals surface area contributed by atoms with Crippen LogP contribution in [0.5, 0.6) is 0 Å². The van der Waals surface area contributed by atoms with Crippen LogP contribution in [0.25, 0.3) is 11.3 Å². The van der Waals surface area contributed by atoms with Gasteiger partial charge in [0.1, 0.15) is 5.76 Å². The Bertz CT molecular complexity index is 957. The van der Waals surface area contributed by atoms with Gasteiger partial charge in [-0.05, 0) is 49.4 Å². The molecule has 140 valence electrons. The molecule has 6 nitrogen and oxygen atoms in total. The molecule has 0 spiro atoms. The summed E-state index contributed by atoms with van der Waals surface area (Å²) in [4.78, 5) is 16.9. The molecule has 1 atom stereocenters. The average Bonchev–Trinajstić information content (AvgIpc) is 3.37. The maximum Gasteiger partial charge on any atom is 0.255 e. The van der Waals surface area contributed by atoms with Crippen LogP contribution in [-0.2, 0) is 24.1 Å². The van der Waals surface area contributed by atoms with Gasteiger partial charge in [0, 0.05) is 18.2 Å². The zero-order valence-corrected chi connectivity index (χ0v) is 15.1. The van der Waals surface area contributed by atoms with Gasteiger partial charge in [-0.3, -0.25) is 9.36 Å². The van der Waals surface area contributed by atoms with Crippen molar-refractivity contribution in [2.75, 3.05) is 12.3 Å². The summed E-state index contributed by atoms with van der Waals surface area (Å²) in [5.41, 5.74) is 8.84. The van der Waals surface area contributed by atoms with Crippen LogP contribution in [-0.4, -0.2) is 22.3 Å². The molecule has 1 aliphatic heterocycles. The predicted molar refractivity (Wildman–Crippen MR) is 103 cm³/mol. The lowest BCUT2D eigenvalue weighted by Gasteiger charge is -2.14. The zero-order chi connectivity index (χ0) is 18.6. The van der Waals surface area contributed by atoms with Crippen LogP contribution < -0.4 is 11.3 Å². The number of aryl methyl sites for hydroxylation is 2. The topological polar surface area (TPSA) is 83.3 Å². The van der Waals surface area contributed by atoms with Crippen molar-refractivity contribution >= 4 is 5.95 Å². The lowest BCUT2D eigenvalue weighted by atomic mass is 10.0. The second kappa shape index (κ2) is 7.80. The highest BCUT2D eigenvalue weighted by Crippen LogP contribution is 2.21. The summed E-state index contributed by atoms with van der Waals surface area (Å²) in [5, 5.41) is 0. The standard InChI is InChI=1S/C21H23N3O3/c22-21-23-17(13-20(25)24(21)14-18-6-2-10-26-18)9-8-15-4-1-5-16(12-15)19-7-3-11-27-19/h1,3-5,7,11-13,18H,2,6,8-10,14H2,(H2,22,23). The number of nitrogen functional groups attached to an aromatic ring is 1. The van der Waals surface area contributed by atoms with Gasteiger partial charge in [-0.25, -0.2) is 4.98 Å². The first-order valence-electron chi connectivity index (χ1n) is 9.30. The fraction of sp³-hybridized carbons (Fsp3) is 0.333. The maximum absolute atomic E-state index is 12.4. The molecule has 0 bridgehead atoms. The third-order valence-electron chi connectivity index (χ3n) is 4.90. The molecule has 6 heteroatoms. The molecule has 3 aromatic rings. The summed E-state index contributed by atoms with van der Waals surface area (Å²) in [7, 11) is 0. The number of anilines is 1. The largest absolute Gasteiger partial charge is 0.464 e. The molecule has 3 heterocycles. The second-order valence-electron chi connectivity index (χ2n) is 6.87. The Morgan fingerprint density at radius 2 is 2.11 bits per heavy atom. The highest BCUT2D eigenvalue weighted by atomic mass is 16.5. The molecular weight excluding hydrogens is 342 g/mol. The third kappa shape index (κ3) is 4.11. The molecular formula is C21H23N3O3. The number of furan rings is 1. The first-order chi connectivity index (χ1) is 13.2. The molecule has 0 saturated carbocycles. The van der Waals surface area contributed by atoms with Gasteiger partial charge in [0.2, 0.25) is 5.95 Å². The van der Waals surface area contributed by atoms with Crippen molar-refractivity contribution in [1.29, 1.82) is 0 Å². The fourth-order valence-corrected chi connectivity index (χ4v) is 3.47. The Morgan fingerprint density at radius 1 is 1.19 bits per heavy atom. The summed E-state index contributed by atoms with van der Waals surface area (Å²) in [6, 6.07) is 13.6. The van der Waals surface area contributed by atoms with Crippen molar-refractivity contribution in [1.82, 2.24) is 9.55 Å². The molecule has 1 fully saturated rings.